The number of halogens is 2. The highest BCUT2D eigenvalue weighted by atomic mass is 35.7. The Morgan fingerprint density at radius 1 is 1.32 bits per heavy atom. The van der Waals surface area contributed by atoms with Crippen LogP contribution in [-0.2, 0) is 9.05 Å². The van der Waals surface area contributed by atoms with E-state index in [1.165, 1.54) is 23.1 Å². The molecule has 19 heavy (non-hydrogen) atoms. The summed E-state index contributed by atoms with van der Waals surface area (Å²) in [7, 11) is 3.01. The summed E-state index contributed by atoms with van der Waals surface area (Å²) in [5.74, 6) is -0.280. The first-order chi connectivity index (χ1) is 8.75. The van der Waals surface area contributed by atoms with E-state index in [4.69, 9.17) is 22.3 Å². The van der Waals surface area contributed by atoms with Crippen molar-refractivity contribution in [3.05, 3.63) is 28.8 Å². The molecule has 1 rings (SSSR count). The van der Waals surface area contributed by atoms with Crippen molar-refractivity contribution < 1.29 is 13.2 Å². The third-order valence-electron chi connectivity index (χ3n) is 2.59. The Morgan fingerprint density at radius 3 is 2.47 bits per heavy atom. The van der Waals surface area contributed by atoms with Gasteiger partial charge in [0.05, 0.1) is 4.90 Å². The monoisotopic (exact) mass is 323 g/mol. The van der Waals surface area contributed by atoms with Crippen LogP contribution in [0.25, 0.3) is 0 Å². The molecule has 0 heterocycles. The van der Waals surface area contributed by atoms with Crippen molar-refractivity contribution in [1.82, 2.24) is 4.90 Å². The van der Waals surface area contributed by atoms with Crippen molar-refractivity contribution in [2.45, 2.75) is 24.7 Å². The maximum Gasteiger partial charge on any atom is 0.261 e. The zero-order valence-electron chi connectivity index (χ0n) is 10.7. The standard InChI is InChI=1S/C12H15Cl2NO3S/c1-3-4-5-15(2)12(16)9-6-10(13)8-11(7-9)19(14,17)18/h6-8H,3-5H2,1-2H3. The summed E-state index contributed by atoms with van der Waals surface area (Å²) in [6, 6.07) is 3.88. The molecule has 0 unspecified atom stereocenters. The fourth-order valence-corrected chi connectivity index (χ4v) is 2.65. The van der Waals surface area contributed by atoms with Crippen LogP contribution in [-0.4, -0.2) is 32.8 Å². The number of hydrogen-bond acceptors (Lipinski definition) is 3. The van der Waals surface area contributed by atoms with Crippen LogP contribution < -0.4 is 0 Å². The average molecular weight is 324 g/mol. The predicted molar refractivity (Wildman–Crippen MR) is 76.4 cm³/mol. The molecule has 0 aliphatic heterocycles. The lowest BCUT2D eigenvalue weighted by molar-refractivity contribution is 0.0793. The summed E-state index contributed by atoms with van der Waals surface area (Å²) in [5.41, 5.74) is 0.213. The van der Waals surface area contributed by atoms with Gasteiger partial charge < -0.3 is 4.90 Å². The second-order valence-corrected chi connectivity index (χ2v) is 7.20. The molecule has 1 amide bonds. The van der Waals surface area contributed by atoms with Crippen molar-refractivity contribution in [2.24, 2.45) is 0 Å². The highest BCUT2D eigenvalue weighted by molar-refractivity contribution is 8.13. The van der Waals surface area contributed by atoms with Gasteiger partial charge in [-0.1, -0.05) is 24.9 Å². The van der Waals surface area contributed by atoms with Crippen LogP contribution in [0.5, 0.6) is 0 Å². The molecule has 0 saturated heterocycles. The van der Waals surface area contributed by atoms with Gasteiger partial charge in [0.2, 0.25) is 0 Å². The fraction of sp³-hybridized carbons (Fsp3) is 0.417. The van der Waals surface area contributed by atoms with Gasteiger partial charge in [-0.05, 0) is 24.6 Å². The lowest BCUT2D eigenvalue weighted by Crippen LogP contribution is -2.27. The molecule has 0 aliphatic rings. The minimum Gasteiger partial charge on any atom is -0.342 e. The molecule has 7 heteroatoms. The number of nitrogens with zero attached hydrogens (tertiary/aromatic N) is 1. The highest BCUT2D eigenvalue weighted by Crippen LogP contribution is 2.22. The molecular formula is C12H15Cl2NO3S. The Morgan fingerprint density at radius 2 is 1.95 bits per heavy atom. The number of benzene rings is 1. The van der Waals surface area contributed by atoms with Crippen LogP contribution in [0.4, 0.5) is 0 Å². The number of carbonyl (C=O) groups is 1. The molecule has 0 bridgehead atoms. The third kappa shape index (κ3) is 4.67. The second kappa shape index (κ2) is 6.59. The van der Waals surface area contributed by atoms with Gasteiger partial charge in [-0.3, -0.25) is 4.79 Å². The zero-order chi connectivity index (χ0) is 14.6. The number of hydrogen-bond donors (Lipinski definition) is 0. The molecule has 0 radical (unpaired) electrons. The lowest BCUT2D eigenvalue weighted by atomic mass is 10.2. The van der Waals surface area contributed by atoms with Crippen molar-refractivity contribution in [3.63, 3.8) is 0 Å². The Kier molecular flexibility index (Phi) is 5.64. The van der Waals surface area contributed by atoms with Crippen LogP contribution >= 0.6 is 22.3 Å². The van der Waals surface area contributed by atoms with Crippen LogP contribution in [0.2, 0.25) is 5.02 Å². The van der Waals surface area contributed by atoms with E-state index in [0.717, 1.165) is 12.8 Å². The third-order valence-corrected chi connectivity index (χ3v) is 4.15. The zero-order valence-corrected chi connectivity index (χ0v) is 13.0. The minimum absolute atomic E-state index is 0.161. The van der Waals surface area contributed by atoms with Gasteiger partial charge in [0.1, 0.15) is 0 Å². The van der Waals surface area contributed by atoms with Gasteiger partial charge in [0.15, 0.2) is 0 Å². The number of unbranched alkanes of at least 4 members (excludes halogenated alkanes) is 1. The molecule has 0 saturated carbocycles. The van der Waals surface area contributed by atoms with E-state index < -0.39 is 9.05 Å². The predicted octanol–water partition coefficient (Wildman–Crippen LogP) is 3.14. The van der Waals surface area contributed by atoms with Gasteiger partial charge in [-0.15, -0.1) is 0 Å². The molecule has 1 aromatic carbocycles. The molecule has 0 N–H and O–H groups in total. The maximum atomic E-state index is 12.1. The van der Waals surface area contributed by atoms with Gasteiger partial charge in [0, 0.05) is 34.9 Å². The Labute approximate surface area is 122 Å². The topological polar surface area (TPSA) is 54.5 Å². The summed E-state index contributed by atoms with van der Waals surface area (Å²) >= 11 is 5.82. The largest absolute Gasteiger partial charge is 0.342 e. The van der Waals surface area contributed by atoms with Crippen LogP contribution in [0.3, 0.4) is 0 Å². The average Bonchev–Trinajstić information content (AvgIpc) is 2.33. The molecule has 0 aliphatic carbocycles. The van der Waals surface area contributed by atoms with E-state index in [1.54, 1.807) is 7.05 Å². The second-order valence-electron chi connectivity index (χ2n) is 4.19. The molecule has 0 atom stereocenters. The molecule has 0 fully saturated rings. The van der Waals surface area contributed by atoms with Crippen LogP contribution in [0.1, 0.15) is 30.1 Å². The Balaban J connectivity index is 3.07. The van der Waals surface area contributed by atoms with E-state index in [0.29, 0.717) is 6.54 Å². The lowest BCUT2D eigenvalue weighted by Gasteiger charge is -2.17. The molecule has 1 aromatic rings. The van der Waals surface area contributed by atoms with Crippen LogP contribution in [0.15, 0.2) is 23.1 Å². The van der Waals surface area contributed by atoms with Gasteiger partial charge in [-0.25, -0.2) is 8.42 Å². The summed E-state index contributed by atoms with van der Waals surface area (Å²) in [6.07, 6.45) is 1.85. The smallest absolute Gasteiger partial charge is 0.261 e. The van der Waals surface area contributed by atoms with Gasteiger partial charge >= 0.3 is 0 Å². The minimum atomic E-state index is -3.91. The van der Waals surface area contributed by atoms with Crippen molar-refractivity contribution in [1.29, 1.82) is 0 Å². The summed E-state index contributed by atoms with van der Waals surface area (Å²) in [5, 5.41) is 0.161. The van der Waals surface area contributed by atoms with Crippen molar-refractivity contribution in [3.8, 4) is 0 Å². The van der Waals surface area contributed by atoms with E-state index in [-0.39, 0.29) is 21.4 Å². The molecule has 0 aromatic heterocycles. The summed E-state index contributed by atoms with van der Waals surface area (Å²) in [4.78, 5) is 13.5. The Hall–Kier alpha value is -0.780. The van der Waals surface area contributed by atoms with E-state index in [1.807, 2.05) is 6.92 Å². The summed E-state index contributed by atoms with van der Waals surface area (Å²) < 4.78 is 22.6. The number of rotatable bonds is 5. The first-order valence-electron chi connectivity index (χ1n) is 5.76. The highest BCUT2D eigenvalue weighted by Gasteiger charge is 2.17. The van der Waals surface area contributed by atoms with E-state index in [9.17, 15) is 13.2 Å². The molecule has 106 valence electrons. The van der Waals surface area contributed by atoms with Gasteiger partial charge in [-0.2, -0.15) is 0 Å². The first-order valence-corrected chi connectivity index (χ1v) is 8.45. The van der Waals surface area contributed by atoms with Crippen LogP contribution in [0, 0.1) is 0 Å². The molecule has 0 spiro atoms. The van der Waals surface area contributed by atoms with Crippen molar-refractivity contribution >= 4 is 37.2 Å². The quantitative estimate of drug-likeness (QED) is 0.782. The van der Waals surface area contributed by atoms with E-state index >= 15 is 0 Å². The maximum absolute atomic E-state index is 12.1. The Bertz CT molecular complexity index is 572. The first kappa shape index (κ1) is 16.3. The number of amides is 1. The van der Waals surface area contributed by atoms with E-state index in [2.05, 4.69) is 0 Å². The SMILES string of the molecule is CCCCN(C)C(=O)c1cc(Cl)cc(S(=O)(=O)Cl)c1. The van der Waals surface area contributed by atoms with Gasteiger partial charge in [0.25, 0.3) is 15.0 Å². The number of carbonyl (C=O) groups excluding carboxylic acids is 1. The summed E-state index contributed by atoms with van der Waals surface area (Å²) in [6.45, 7) is 2.63. The molecular weight excluding hydrogens is 309 g/mol. The normalized spacial score (nSPS) is 11.4. The van der Waals surface area contributed by atoms with Crippen molar-refractivity contribution in [2.75, 3.05) is 13.6 Å². The fourth-order valence-electron chi connectivity index (χ4n) is 1.54. The molecule has 4 nitrogen and oxygen atoms in total.